The standard InChI is InChI=1S/C16H12Cl2N2O2/c17-11-1-5-13(6-2-11)19-10-9-15(21)16(22)20-14-7-3-12(18)4-8-14/h1-10,19H,(H,20,22)/b10-9+. The van der Waals surface area contributed by atoms with Gasteiger partial charge in [-0.05, 0) is 48.5 Å². The maximum Gasteiger partial charge on any atom is 0.296 e. The van der Waals surface area contributed by atoms with E-state index in [4.69, 9.17) is 23.2 Å². The number of hydrogen-bond donors (Lipinski definition) is 2. The zero-order valence-corrected chi connectivity index (χ0v) is 12.9. The second kappa shape index (κ2) is 7.64. The number of rotatable bonds is 5. The van der Waals surface area contributed by atoms with E-state index in [1.54, 1.807) is 48.5 Å². The summed E-state index contributed by atoms with van der Waals surface area (Å²) in [6.07, 6.45) is 2.55. The van der Waals surface area contributed by atoms with E-state index in [-0.39, 0.29) is 0 Å². The van der Waals surface area contributed by atoms with Crippen molar-refractivity contribution >= 4 is 46.3 Å². The van der Waals surface area contributed by atoms with E-state index >= 15 is 0 Å². The van der Waals surface area contributed by atoms with E-state index in [0.29, 0.717) is 15.7 Å². The van der Waals surface area contributed by atoms with Crippen LogP contribution in [0.25, 0.3) is 0 Å². The quantitative estimate of drug-likeness (QED) is 0.638. The Morgan fingerprint density at radius 3 is 1.86 bits per heavy atom. The summed E-state index contributed by atoms with van der Waals surface area (Å²) in [6.45, 7) is 0. The Morgan fingerprint density at radius 1 is 0.818 bits per heavy atom. The lowest BCUT2D eigenvalue weighted by Crippen LogP contribution is -2.20. The van der Waals surface area contributed by atoms with Gasteiger partial charge < -0.3 is 10.6 Å². The molecule has 1 amide bonds. The Bertz CT molecular complexity index is 695. The van der Waals surface area contributed by atoms with Gasteiger partial charge in [-0.25, -0.2) is 0 Å². The molecule has 6 heteroatoms. The molecule has 0 unspecified atom stereocenters. The highest BCUT2D eigenvalue weighted by Crippen LogP contribution is 2.14. The lowest BCUT2D eigenvalue weighted by atomic mass is 10.3. The van der Waals surface area contributed by atoms with Crippen molar-refractivity contribution < 1.29 is 9.59 Å². The molecule has 4 nitrogen and oxygen atoms in total. The molecule has 0 fully saturated rings. The molecule has 2 aromatic carbocycles. The van der Waals surface area contributed by atoms with Gasteiger partial charge in [0.05, 0.1) is 0 Å². The zero-order valence-electron chi connectivity index (χ0n) is 11.3. The fourth-order valence-electron chi connectivity index (χ4n) is 1.56. The molecule has 2 N–H and O–H groups in total. The molecule has 0 heterocycles. The van der Waals surface area contributed by atoms with Gasteiger partial charge in [-0.15, -0.1) is 0 Å². The van der Waals surface area contributed by atoms with Crippen molar-refractivity contribution in [1.29, 1.82) is 0 Å². The van der Waals surface area contributed by atoms with Crippen LogP contribution in [0.2, 0.25) is 10.0 Å². The van der Waals surface area contributed by atoms with E-state index in [9.17, 15) is 9.59 Å². The highest BCUT2D eigenvalue weighted by Gasteiger charge is 2.10. The van der Waals surface area contributed by atoms with Gasteiger partial charge >= 0.3 is 0 Å². The molecule has 0 atom stereocenters. The van der Waals surface area contributed by atoms with Crippen molar-refractivity contribution in [3.8, 4) is 0 Å². The lowest BCUT2D eigenvalue weighted by molar-refractivity contribution is -0.131. The second-order valence-electron chi connectivity index (χ2n) is 4.31. The number of anilines is 2. The highest BCUT2D eigenvalue weighted by molar-refractivity contribution is 6.44. The molecule has 0 spiro atoms. The van der Waals surface area contributed by atoms with Crippen LogP contribution in [0.3, 0.4) is 0 Å². The van der Waals surface area contributed by atoms with Crippen LogP contribution in [0.1, 0.15) is 0 Å². The van der Waals surface area contributed by atoms with Gasteiger partial charge in [-0.1, -0.05) is 23.2 Å². The Kier molecular flexibility index (Phi) is 5.58. The SMILES string of the molecule is O=C(/C=C/Nc1ccc(Cl)cc1)C(=O)Nc1ccc(Cl)cc1. The minimum absolute atomic E-state index is 0.502. The summed E-state index contributed by atoms with van der Waals surface area (Å²) in [5.74, 6) is -1.40. The number of amides is 1. The summed E-state index contributed by atoms with van der Waals surface area (Å²) < 4.78 is 0. The Balaban J connectivity index is 1.88. The lowest BCUT2D eigenvalue weighted by Gasteiger charge is -2.03. The van der Waals surface area contributed by atoms with Crippen molar-refractivity contribution in [2.24, 2.45) is 0 Å². The Morgan fingerprint density at radius 2 is 1.32 bits per heavy atom. The fraction of sp³-hybridized carbons (Fsp3) is 0. The number of halogens is 2. The Hall–Kier alpha value is -2.30. The maximum atomic E-state index is 11.7. The van der Waals surface area contributed by atoms with Crippen LogP contribution < -0.4 is 10.6 Å². The minimum atomic E-state index is -0.725. The van der Waals surface area contributed by atoms with Crippen LogP contribution >= 0.6 is 23.2 Å². The molecule has 0 saturated heterocycles. The maximum absolute atomic E-state index is 11.7. The molecule has 112 valence electrons. The first-order chi connectivity index (χ1) is 10.5. The van der Waals surface area contributed by atoms with E-state index < -0.39 is 11.7 Å². The molecule has 0 bridgehead atoms. The van der Waals surface area contributed by atoms with Gasteiger partial charge in [-0.3, -0.25) is 9.59 Å². The van der Waals surface area contributed by atoms with Crippen molar-refractivity contribution in [3.05, 3.63) is 70.9 Å². The third kappa shape index (κ3) is 4.91. The smallest absolute Gasteiger partial charge is 0.296 e. The van der Waals surface area contributed by atoms with Gasteiger partial charge in [0.2, 0.25) is 5.78 Å². The van der Waals surface area contributed by atoms with E-state index in [1.165, 1.54) is 6.20 Å². The number of ketones is 1. The fourth-order valence-corrected chi connectivity index (χ4v) is 1.81. The molecule has 2 rings (SSSR count). The summed E-state index contributed by atoms with van der Waals surface area (Å²) in [7, 11) is 0. The van der Waals surface area contributed by atoms with Gasteiger partial charge in [0, 0.05) is 33.7 Å². The third-order valence-electron chi connectivity index (χ3n) is 2.65. The van der Waals surface area contributed by atoms with Crippen molar-refractivity contribution in [3.63, 3.8) is 0 Å². The molecular weight excluding hydrogens is 323 g/mol. The molecule has 0 radical (unpaired) electrons. The molecule has 22 heavy (non-hydrogen) atoms. The summed E-state index contributed by atoms with van der Waals surface area (Å²) in [4.78, 5) is 23.4. The predicted molar refractivity (Wildman–Crippen MR) is 89.3 cm³/mol. The Labute approximate surface area is 137 Å². The number of hydrogen-bond acceptors (Lipinski definition) is 3. The van der Waals surface area contributed by atoms with Crippen LogP contribution in [-0.2, 0) is 9.59 Å². The average Bonchev–Trinajstić information content (AvgIpc) is 2.51. The van der Waals surface area contributed by atoms with E-state index in [1.807, 2.05) is 0 Å². The van der Waals surface area contributed by atoms with E-state index in [0.717, 1.165) is 11.8 Å². The largest absolute Gasteiger partial charge is 0.362 e. The highest BCUT2D eigenvalue weighted by atomic mass is 35.5. The summed E-state index contributed by atoms with van der Waals surface area (Å²) in [6, 6.07) is 13.4. The topological polar surface area (TPSA) is 58.2 Å². The number of benzene rings is 2. The minimum Gasteiger partial charge on any atom is -0.362 e. The van der Waals surface area contributed by atoms with Gasteiger partial charge in [0.15, 0.2) is 0 Å². The van der Waals surface area contributed by atoms with Crippen molar-refractivity contribution in [1.82, 2.24) is 0 Å². The number of carbonyl (C=O) groups is 2. The molecule has 0 aliphatic heterocycles. The van der Waals surface area contributed by atoms with Crippen LogP contribution in [0.15, 0.2) is 60.8 Å². The van der Waals surface area contributed by atoms with Gasteiger partial charge in [0.1, 0.15) is 0 Å². The first kappa shape index (κ1) is 16.1. The third-order valence-corrected chi connectivity index (χ3v) is 3.16. The number of nitrogens with one attached hydrogen (secondary N) is 2. The molecule has 0 aliphatic rings. The molecular formula is C16H12Cl2N2O2. The molecule has 2 aromatic rings. The van der Waals surface area contributed by atoms with Crippen LogP contribution in [-0.4, -0.2) is 11.7 Å². The monoisotopic (exact) mass is 334 g/mol. The average molecular weight is 335 g/mol. The molecule has 0 saturated carbocycles. The van der Waals surface area contributed by atoms with Crippen molar-refractivity contribution in [2.45, 2.75) is 0 Å². The molecule has 0 aliphatic carbocycles. The van der Waals surface area contributed by atoms with Crippen LogP contribution in [0.4, 0.5) is 11.4 Å². The normalized spacial score (nSPS) is 10.5. The van der Waals surface area contributed by atoms with Crippen molar-refractivity contribution in [2.75, 3.05) is 10.6 Å². The second-order valence-corrected chi connectivity index (χ2v) is 5.18. The van der Waals surface area contributed by atoms with E-state index in [2.05, 4.69) is 10.6 Å². The zero-order chi connectivity index (χ0) is 15.9. The van der Waals surface area contributed by atoms with Crippen LogP contribution in [0.5, 0.6) is 0 Å². The first-order valence-corrected chi connectivity index (χ1v) is 7.10. The summed E-state index contributed by atoms with van der Waals surface area (Å²) in [5, 5.41) is 6.52. The van der Waals surface area contributed by atoms with Gasteiger partial charge in [-0.2, -0.15) is 0 Å². The summed E-state index contributed by atoms with van der Waals surface area (Å²) >= 11 is 11.5. The molecule has 0 aromatic heterocycles. The number of carbonyl (C=O) groups excluding carboxylic acids is 2. The van der Waals surface area contributed by atoms with Crippen LogP contribution in [0, 0.1) is 0 Å². The predicted octanol–water partition coefficient (Wildman–Crippen LogP) is 4.13. The first-order valence-electron chi connectivity index (χ1n) is 6.34. The van der Waals surface area contributed by atoms with Gasteiger partial charge in [0.25, 0.3) is 5.91 Å². The summed E-state index contributed by atoms with van der Waals surface area (Å²) in [5.41, 5.74) is 1.26.